The van der Waals surface area contributed by atoms with Gasteiger partial charge in [0.15, 0.2) is 0 Å². The number of hydrogen-bond acceptors (Lipinski definition) is 4. The summed E-state index contributed by atoms with van der Waals surface area (Å²) in [7, 11) is 0. The number of benzene rings is 1. The summed E-state index contributed by atoms with van der Waals surface area (Å²) in [4.78, 5) is 0. The Morgan fingerprint density at radius 1 is 1.36 bits per heavy atom. The van der Waals surface area contributed by atoms with E-state index >= 15 is 0 Å². The Bertz CT molecular complexity index is 827. The molecular weight excluding hydrogens is 333 g/mol. The van der Waals surface area contributed by atoms with E-state index in [1.54, 1.807) is 36.4 Å². The van der Waals surface area contributed by atoms with Crippen LogP contribution in [0.3, 0.4) is 0 Å². The maximum absolute atomic E-state index is 13.8. The van der Waals surface area contributed by atoms with Gasteiger partial charge in [-0.05, 0) is 18.2 Å². The third-order valence-corrected chi connectivity index (χ3v) is 3.32. The second kappa shape index (κ2) is 7.69. The smallest absolute Gasteiger partial charge is 0.257 e. The number of rotatable bonds is 5. The van der Waals surface area contributed by atoms with Crippen LogP contribution in [0.5, 0.6) is 0 Å². The Labute approximate surface area is 142 Å². The van der Waals surface area contributed by atoms with Crippen molar-refractivity contribution in [2.45, 2.75) is 13.0 Å². The van der Waals surface area contributed by atoms with Gasteiger partial charge in [0.25, 0.3) is 6.43 Å². The Balaban J connectivity index is 1.77. The SMILES string of the molecule is Fc1ccccc1C=C1C=CCOC1=NNc1cnn(CC(F)F)c1. The molecule has 1 aromatic carbocycles. The van der Waals surface area contributed by atoms with Gasteiger partial charge in [-0.15, -0.1) is 5.10 Å². The Kier molecular flexibility index (Phi) is 5.17. The fraction of sp³-hybridized carbons (Fsp3) is 0.176. The molecule has 130 valence electrons. The predicted octanol–water partition coefficient (Wildman–Crippen LogP) is 3.68. The van der Waals surface area contributed by atoms with Crippen molar-refractivity contribution in [1.29, 1.82) is 0 Å². The van der Waals surface area contributed by atoms with Crippen LogP contribution in [-0.2, 0) is 11.3 Å². The monoisotopic (exact) mass is 348 g/mol. The van der Waals surface area contributed by atoms with Crippen molar-refractivity contribution < 1.29 is 17.9 Å². The van der Waals surface area contributed by atoms with E-state index in [4.69, 9.17) is 4.74 Å². The minimum absolute atomic E-state index is 0.271. The van der Waals surface area contributed by atoms with Crippen molar-refractivity contribution >= 4 is 17.7 Å². The van der Waals surface area contributed by atoms with Crippen LogP contribution in [0.25, 0.3) is 6.08 Å². The van der Waals surface area contributed by atoms with Crippen molar-refractivity contribution in [3.05, 3.63) is 65.8 Å². The minimum Gasteiger partial charge on any atom is -0.472 e. The first kappa shape index (κ1) is 16.8. The summed E-state index contributed by atoms with van der Waals surface area (Å²) in [6, 6.07) is 6.35. The van der Waals surface area contributed by atoms with Gasteiger partial charge in [0.05, 0.1) is 18.1 Å². The zero-order valence-electron chi connectivity index (χ0n) is 13.1. The van der Waals surface area contributed by atoms with Crippen molar-refractivity contribution in [2.24, 2.45) is 5.10 Å². The fourth-order valence-electron chi connectivity index (χ4n) is 2.20. The molecule has 25 heavy (non-hydrogen) atoms. The molecule has 1 aliphatic heterocycles. The lowest BCUT2D eigenvalue weighted by Gasteiger charge is -2.13. The van der Waals surface area contributed by atoms with E-state index in [0.29, 0.717) is 23.4 Å². The molecule has 0 unspecified atom stereocenters. The lowest BCUT2D eigenvalue weighted by Crippen LogP contribution is -2.13. The van der Waals surface area contributed by atoms with Crippen LogP contribution >= 0.6 is 0 Å². The molecule has 2 aromatic rings. The lowest BCUT2D eigenvalue weighted by atomic mass is 10.1. The molecule has 0 amide bonds. The number of aromatic nitrogens is 2. The lowest BCUT2D eigenvalue weighted by molar-refractivity contribution is 0.122. The number of hydrazone groups is 1. The highest BCUT2D eigenvalue weighted by molar-refractivity contribution is 6.01. The molecule has 0 saturated heterocycles. The van der Waals surface area contributed by atoms with Gasteiger partial charge in [0.1, 0.15) is 19.0 Å². The first-order valence-corrected chi connectivity index (χ1v) is 7.52. The van der Waals surface area contributed by atoms with Gasteiger partial charge < -0.3 is 4.74 Å². The first-order chi connectivity index (χ1) is 12.1. The normalized spacial score (nSPS) is 17.3. The van der Waals surface area contributed by atoms with Crippen molar-refractivity contribution in [3.8, 4) is 0 Å². The van der Waals surface area contributed by atoms with E-state index in [9.17, 15) is 13.2 Å². The molecule has 0 spiro atoms. The number of ether oxygens (including phenoxy) is 1. The van der Waals surface area contributed by atoms with Gasteiger partial charge in [0.2, 0.25) is 5.90 Å². The van der Waals surface area contributed by atoms with Gasteiger partial charge in [-0.3, -0.25) is 10.1 Å². The van der Waals surface area contributed by atoms with Crippen LogP contribution in [0.2, 0.25) is 0 Å². The van der Waals surface area contributed by atoms with Crippen LogP contribution in [0.15, 0.2) is 59.5 Å². The highest BCUT2D eigenvalue weighted by atomic mass is 19.3. The highest BCUT2D eigenvalue weighted by Gasteiger charge is 2.12. The summed E-state index contributed by atoms with van der Waals surface area (Å²) >= 11 is 0. The Morgan fingerprint density at radius 2 is 2.20 bits per heavy atom. The Morgan fingerprint density at radius 3 is 3.00 bits per heavy atom. The van der Waals surface area contributed by atoms with Gasteiger partial charge >= 0.3 is 0 Å². The van der Waals surface area contributed by atoms with Gasteiger partial charge in [-0.25, -0.2) is 13.2 Å². The molecular formula is C17H15F3N4O. The largest absolute Gasteiger partial charge is 0.472 e. The maximum Gasteiger partial charge on any atom is 0.257 e. The van der Waals surface area contributed by atoms with Gasteiger partial charge in [0, 0.05) is 11.1 Å². The molecule has 0 atom stereocenters. The summed E-state index contributed by atoms with van der Waals surface area (Å²) in [5, 5.41) is 7.92. The number of halogens is 3. The highest BCUT2D eigenvalue weighted by Crippen LogP contribution is 2.17. The first-order valence-electron chi connectivity index (χ1n) is 7.52. The molecule has 0 aliphatic carbocycles. The van der Waals surface area contributed by atoms with Gasteiger partial charge in [-0.2, -0.15) is 5.10 Å². The zero-order chi connectivity index (χ0) is 17.6. The zero-order valence-corrected chi connectivity index (χ0v) is 13.1. The maximum atomic E-state index is 13.8. The van der Waals surface area contributed by atoms with Crippen LogP contribution in [-0.4, -0.2) is 28.7 Å². The molecule has 5 nitrogen and oxygen atoms in total. The van der Waals surface area contributed by atoms with E-state index in [0.717, 1.165) is 4.68 Å². The second-order valence-corrected chi connectivity index (χ2v) is 5.21. The molecule has 1 aromatic heterocycles. The fourth-order valence-corrected chi connectivity index (χ4v) is 2.20. The van der Waals surface area contributed by atoms with Crippen molar-refractivity contribution in [1.82, 2.24) is 9.78 Å². The number of anilines is 1. The predicted molar refractivity (Wildman–Crippen MR) is 88.8 cm³/mol. The average Bonchev–Trinajstić information content (AvgIpc) is 3.03. The van der Waals surface area contributed by atoms with Crippen LogP contribution in [0.4, 0.5) is 18.9 Å². The second-order valence-electron chi connectivity index (χ2n) is 5.21. The molecule has 3 rings (SSSR count). The summed E-state index contributed by atoms with van der Waals surface area (Å²) in [5.74, 6) is -0.0816. The van der Waals surface area contributed by atoms with Crippen LogP contribution in [0, 0.1) is 5.82 Å². The molecule has 2 heterocycles. The molecule has 8 heteroatoms. The average molecular weight is 348 g/mol. The number of alkyl halides is 2. The van der Waals surface area contributed by atoms with E-state index < -0.39 is 13.0 Å². The standard InChI is InChI=1S/C17H15F3N4O/c18-15-6-2-1-4-12(15)8-13-5-3-7-25-17(13)23-22-14-9-21-24(10-14)11-16(19)20/h1-6,8-10,16,22H,7,11H2. The summed E-state index contributed by atoms with van der Waals surface area (Å²) in [6.07, 6.45) is 5.48. The van der Waals surface area contributed by atoms with E-state index in [2.05, 4.69) is 15.6 Å². The molecule has 0 fully saturated rings. The third kappa shape index (κ3) is 4.50. The third-order valence-electron chi connectivity index (χ3n) is 3.32. The summed E-state index contributed by atoms with van der Waals surface area (Å²) in [6.45, 7) is -0.157. The van der Waals surface area contributed by atoms with Crippen LogP contribution < -0.4 is 5.43 Å². The molecule has 0 radical (unpaired) electrons. The molecule has 1 aliphatic rings. The van der Waals surface area contributed by atoms with Gasteiger partial charge in [-0.1, -0.05) is 24.3 Å². The van der Waals surface area contributed by atoms with E-state index in [1.165, 1.54) is 18.5 Å². The van der Waals surface area contributed by atoms with E-state index in [-0.39, 0.29) is 11.7 Å². The molecule has 1 N–H and O–H groups in total. The van der Waals surface area contributed by atoms with E-state index in [1.807, 2.05) is 0 Å². The van der Waals surface area contributed by atoms with Crippen LogP contribution in [0.1, 0.15) is 5.56 Å². The number of hydrogen-bond donors (Lipinski definition) is 1. The van der Waals surface area contributed by atoms with Crippen molar-refractivity contribution in [2.75, 3.05) is 12.0 Å². The quantitative estimate of drug-likeness (QED) is 0.839. The summed E-state index contributed by atoms with van der Waals surface area (Å²) < 4.78 is 45.0. The Hall–Kier alpha value is -3.03. The summed E-state index contributed by atoms with van der Waals surface area (Å²) in [5.41, 5.74) is 4.14. The minimum atomic E-state index is -2.49. The molecule has 0 bridgehead atoms. The van der Waals surface area contributed by atoms with Crippen molar-refractivity contribution in [3.63, 3.8) is 0 Å². The number of nitrogens with zero attached hydrogens (tertiary/aromatic N) is 3. The topological polar surface area (TPSA) is 51.4 Å². The molecule has 0 saturated carbocycles. The number of nitrogens with one attached hydrogen (secondary N) is 1.